The highest BCUT2D eigenvalue weighted by Crippen LogP contribution is 2.35. The average molecular weight is 251 g/mol. The second kappa shape index (κ2) is 6.14. The van der Waals surface area contributed by atoms with Gasteiger partial charge in [-0.3, -0.25) is 14.5 Å². The molecule has 0 N–H and O–H groups in total. The Balaban J connectivity index is 1.83. The van der Waals surface area contributed by atoms with Gasteiger partial charge in [0.2, 0.25) is 11.8 Å². The van der Waals surface area contributed by atoms with E-state index in [2.05, 4.69) is 0 Å². The Labute approximate surface area is 108 Å². The number of unbranched alkanes of at least 4 members (excludes halogenated alkanes) is 2. The second-order valence-electron chi connectivity index (χ2n) is 5.04. The van der Waals surface area contributed by atoms with Gasteiger partial charge in [0.25, 0.3) is 0 Å². The molecule has 0 aromatic rings. The molecule has 0 radical (unpaired) electrons. The molecule has 0 saturated carbocycles. The lowest BCUT2D eigenvalue weighted by atomic mass is 9.85. The van der Waals surface area contributed by atoms with Crippen molar-refractivity contribution in [3.63, 3.8) is 0 Å². The van der Waals surface area contributed by atoms with Crippen molar-refractivity contribution >= 4 is 11.8 Å². The van der Waals surface area contributed by atoms with Crippen molar-refractivity contribution in [3.05, 3.63) is 12.2 Å². The van der Waals surface area contributed by atoms with E-state index < -0.39 is 0 Å². The lowest BCUT2D eigenvalue weighted by Crippen LogP contribution is -2.32. The minimum Gasteiger partial charge on any atom is -0.385 e. The highest BCUT2D eigenvalue weighted by Gasteiger charge is 2.46. The van der Waals surface area contributed by atoms with Gasteiger partial charge < -0.3 is 4.74 Å². The van der Waals surface area contributed by atoms with E-state index in [1.54, 1.807) is 7.11 Å². The first-order chi connectivity index (χ1) is 8.75. The van der Waals surface area contributed by atoms with E-state index in [-0.39, 0.29) is 23.7 Å². The molecule has 1 aliphatic heterocycles. The van der Waals surface area contributed by atoms with Gasteiger partial charge in [0.05, 0.1) is 11.8 Å². The Hall–Kier alpha value is -1.16. The zero-order valence-corrected chi connectivity index (χ0v) is 10.9. The topological polar surface area (TPSA) is 46.6 Å². The molecular weight excluding hydrogens is 230 g/mol. The van der Waals surface area contributed by atoms with Gasteiger partial charge in [-0.25, -0.2) is 0 Å². The van der Waals surface area contributed by atoms with Crippen molar-refractivity contribution in [2.75, 3.05) is 20.3 Å². The highest BCUT2D eigenvalue weighted by molar-refractivity contribution is 6.05. The van der Waals surface area contributed by atoms with E-state index in [1.807, 2.05) is 12.2 Å². The third-order valence-electron chi connectivity index (χ3n) is 3.83. The number of fused-ring (bicyclic) bond motifs is 1. The summed E-state index contributed by atoms with van der Waals surface area (Å²) >= 11 is 0. The van der Waals surface area contributed by atoms with Crippen LogP contribution in [0.1, 0.15) is 32.1 Å². The van der Waals surface area contributed by atoms with Gasteiger partial charge >= 0.3 is 0 Å². The van der Waals surface area contributed by atoms with Crippen molar-refractivity contribution in [3.8, 4) is 0 Å². The molecule has 2 rings (SSSR count). The summed E-state index contributed by atoms with van der Waals surface area (Å²) in [5.41, 5.74) is 0. The fourth-order valence-corrected chi connectivity index (χ4v) is 2.78. The molecule has 18 heavy (non-hydrogen) atoms. The van der Waals surface area contributed by atoms with E-state index in [9.17, 15) is 9.59 Å². The number of hydrogen-bond donors (Lipinski definition) is 0. The number of rotatable bonds is 6. The molecule has 0 spiro atoms. The van der Waals surface area contributed by atoms with Crippen molar-refractivity contribution in [2.24, 2.45) is 11.8 Å². The Morgan fingerprint density at radius 3 is 2.28 bits per heavy atom. The van der Waals surface area contributed by atoms with Crippen LogP contribution in [0.3, 0.4) is 0 Å². The van der Waals surface area contributed by atoms with Crippen LogP contribution >= 0.6 is 0 Å². The number of methoxy groups -OCH3 is 1. The number of nitrogens with zero attached hydrogens (tertiary/aromatic N) is 1. The summed E-state index contributed by atoms with van der Waals surface area (Å²) in [6.07, 6.45) is 8.38. The van der Waals surface area contributed by atoms with Crippen LogP contribution in [0.25, 0.3) is 0 Å². The molecule has 1 aliphatic carbocycles. The summed E-state index contributed by atoms with van der Waals surface area (Å²) in [5.74, 6) is -0.0786. The summed E-state index contributed by atoms with van der Waals surface area (Å²) in [7, 11) is 1.69. The molecule has 0 aromatic heterocycles. The molecule has 2 aliphatic rings. The lowest BCUT2D eigenvalue weighted by molar-refractivity contribution is -0.139. The molecule has 2 amide bonds. The van der Waals surface area contributed by atoms with Crippen molar-refractivity contribution < 1.29 is 14.3 Å². The normalized spacial score (nSPS) is 26.8. The van der Waals surface area contributed by atoms with Crippen LogP contribution in [0.15, 0.2) is 12.2 Å². The Kier molecular flexibility index (Phi) is 4.53. The van der Waals surface area contributed by atoms with Gasteiger partial charge in [0.15, 0.2) is 0 Å². The van der Waals surface area contributed by atoms with Gasteiger partial charge in [0.1, 0.15) is 0 Å². The van der Waals surface area contributed by atoms with E-state index in [1.165, 1.54) is 4.90 Å². The summed E-state index contributed by atoms with van der Waals surface area (Å²) < 4.78 is 4.98. The molecule has 1 saturated heterocycles. The fraction of sp³-hybridized carbons (Fsp3) is 0.714. The van der Waals surface area contributed by atoms with Gasteiger partial charge in [-0.2, -0.15) is 0 Å². The standard InChI is InChI=1S/C14H21NO3/c1-18-10-6-2-5-9-15-13(16)11-7-3-4-8-12(11)14(15)17/h3-4,11-12H,2,5-10H2,1H3/t11-,12-/m0/s1. The summed E-state index contributed by atoms with van der Waals surface area (Å²) in [6, 6.07) is 0. The number of carbonyl (C=O) groups excluding carboxylic acids is 2. The number of hydrogen-bond acceptors (Lipinski definition) is 3. The van der Waals surface area contributed by atoms with Crippen LogP contribution in [0.4, 0.5) is 0 Å². The zero-order chi connectivity index (χ0) is 13.0. The number of carbonyl (C=O) groups is 2. The zero-order valence-electron chi connectivity index (χ0n) is 10.9. The smallest absolute Gasteiger partial charge is 0.233 e. The number of allylic oxidation sites excluding steroid dienone is 2. The second-order valence-corrected chi connectivity index (χ2v) is 5.04. The maximum Gasteiger partial charge on any atom is 0.233 e. The van der Waals surface area contributed by atoms with Crippen LogP contribution in [0, 0.1) is 11.8 Å². The highest BCUT2D eigenvalue weighted by atomic mass is 16.5. The first kappa shape index (κ1) is 13.3. The number of ether oxygens (including phenoxy) is 1. The lowest BCUT2D eigenvalue weighted by Gasteiger charge is -2.14. The average Bonchev–Trinajstić information content (AvgIpc) is 2.64. The van der Waals surface area contributed by atoms with Gasteiger partial charge in [-0.15, -0.1) is 0 Å². The summed E-state index contributed by atoms with van der Waals surface area (Å²) in [4.78, 5) is 25.7. The molecular formula is C14H21NO3. The van der Waals surface area contributed by atoms with E-state index in [4.69, 9.17) is 4.74 Å². The van der Waals surface area contributed by atoms with Gasteiger partial charge in [-0.05, 0) is 32.1 Å². The van der Waals surface area contributed by atoms with Gasteiger partial charge in [-0.1, -0.05) is 12.2 Å². The van der Waals surface area contributed by atoms with Crippen molar-refractivity contribution in [1.82, 2.24) is 4.90 Å². The van der Waals surface area contributed by atoms with Crippen LogP contribution in [-0.2, 0) is 14.3 Å². The third-order valence-corrected chi connectivity index (χ3v) is 3.83. The molecule has 0 unspecified atom stereocenters. The first-order valence-corrected chi connectivity index (χ1v) is 6.75. The van der Waals surface area contributed by atoms with E-state index in [0.717, 1.165) is 38.7 Å². The summed E-state index contributed by atoms with van der Waals surface area (Å²) in [6.45, 7) is 1.32. The van der Waals surface area contributed by atoms with Crippen LogP contribution in [-0.4, -0.2) is 37.0 Å². The van der Waals surface area contributed by atoms with Crippen molar-refractivity contribution in [1.29, 1.82) is 0 Å². The van der Waals surface area contributed by atoms with E-state index >= 15 is 0 Å². The van der Waals surface area contributed by atoms with Crippen LogP contribution < -0.4 is 0 Å². The SMILES string of the molecule is COCCCCCN1C(=O)[C@H]2CC=CC[C@@H]2C1=O. The minimum atomic E-state index is -0.0820. The van der Waals surface area contributed by atoms with Crippen LogP contribution in [0.2, 0.25) is 0 Å². The predicted octanol–water partition coefficient (Wildman–Crippen LogP) is 1.75. The maximum atomic E-state index is 12.1. The third kappa shape index (κ3) is 2.64. The molecule has 1 heterocycles. The summed E-state index contributed by atoms with van der Waals surface area (Å²) in [5, 5.41) is 0. The fourth-order valence-electron chi connectivity index (χ4n) is 2.78. The molecule has 100 valence electrons. The molecule has 0 bridgehead atoms. The molecule has 4 nitrogen and oxygen atoms in total. The van der Waals surface area contributed by atoms with E-state index in [0.29, 0.717) is 6.54 Å². The molecule has 1 fully saturated rings. The number of imide groups is 1. The number of amides is 2. The Morgan fingerprint density at radius 1 is 1.11 bits per heavy atom. The maximum absolute atomic E-state index is 12.1. The Morgan fingerprint density at radius 2 is 1.72 bits per heavy atom. The van der Waals surface area contributed by atoms with Crippen molar-refractivity contribution in [2.45, 2.75) is 32.1 Å². The molecule has 0 aromatic carbocycles. The minimum absolute atomic E-state index is 0.0427. The predicted molar refractivity (Wildman–Crippen MR) is 67.8 cm³/mol. The Bertz CT molecular complexity index is 325. The molecule has 4 heteroatoms. The quantitative estimate of drug-likeness (QED) is 0.410. The van der Waals surface area contributed by atoms with Gasteiger partial charge in [0, 0.05) is 20.3 Å². The van der Waals surface area contributed by atoms with Crippen LogP contribution in [0.5, 0.6) is 0 Å². The monoisotopic (exact) mass is 251 g/mol. The number of likely N-dealkylation sites (tertiary alicyclic amines) is 1. The molecule has 2 atom stereocenters. The largest absolute Gasteiger partial charge is 0.385 e. The first-order valence-electron chi connectivity index (χ1n) is 6.75.